The second kappa shape index (κ2) is 8.18. The number of benzene rings is 2. The normalized spacial score (nSPS) is 15.0. The van der Waals surface area contributed by atoms with Gasteiger partial charge in [-0.1, -0.05) is 36.4 Å². The Morgan fingerprint density at radius 3 is 2.52 bits per heavy atom. The Hall–Kier alpha value is -3.61. The molecule has 27 heavy (non-hydrogen) atoms. The lowest BCUT2D eigenvalue weighted by atomic mass is 10.1. The van der Waals surface area contributed by atoms with Crippen LogP contribution >= 0.6 is 0 Å². The first-order valence-electron chi connectivity index (χ1n) is 8.39. The summed E-state index contributed by atoms with van der Waals surface area (Å²) in [6.07, 6.45) is 1.52. The number of hydrogen-bond donors (Lipinski definition) is 1. The quantitative estimate of drug-likeness (QED) is 0.483. The van der Waals surface area contributed by atoms with Gasteiger partial charge in [-0.15, -0.1) is 0 Å². The van der Waals surface area contributed by atoms with Crippen molar-refractivity contribution in [3.05, 3.63) is 65.9 Å². The molecule has 0 spiro atoms. The van der Waals surface area contributed by atoms with Crippen LogP contribution in [0.15, 0.2) is 60.3 Å². The number of amides is 3. The number of nitrogens with zero attached hydrogens (tertiary/aromatic N) is 1. The standard InChI is InChI=1S/C20H18N2O5/c1-2-26-18(23)13-27-17-11-7-6-8-14(17)12-16-19(24)22(20(25)21-16)15-9-4-3-5-10-15/h3-12H,2,13H2,1H3,(H,21,25). The van der Waals surface area contributed by atoms with Crippen LogP contribution in [0.4, 0.5) is 10.5 Å². The van der Waals surface area contributed by atoms with Gasteiger partial charge in [0.1, 0.15) is 11.4 Å². The number of rotatable bonds is 6. The molecule has 2 aromatic carbocycles. The number of carbonyl (C=O) groups excluding carboxylic acids is 3. The molecule has 0 saturated carbocycles. The molecular formula is C20H18N2O5. The van der Waals surface area contributed by atoms with Gasteiger partial charge < -0.3 is 14.8 Å². The number of esters is 1. The van der Waals surface area contributed by atoms with Crippen LogP contribution in [0.3, 0.4) is 0 Å². The van der Waals surface area contributed by atoms with Gasteiger partial charge in [-0.3, -0.25) is 4.79 Å². The monoisotopic (exact) mass is 366 g/mol. The number of nitrogens with one attached hydrogen (secondary N) is 1. The molecule has 7 nitrogen and oxygen atoms in total. The van der Waals surface area contributed by atoms with Gasteiger partial charge in [0.2, 0.25) is 0 Å². The fourth-order valence-electron chi connectivity index (χ4n) is 2.57. The zero-order valence-electron chi connectivity index (χ0n) is 14.7. The van der Waals surface area contributed by atoms with Crippen LogP contribution in [-0.2, 0) is 14.3 Å². The van der Waals surface area contributed by atoms with E-state index >= 15 is 0 Å². The van der Waals surface area contributed by atoms with Crippen LogP contribution in [-0.4, -0.2) is 31.1 Å². The van der Waals surface area contributed by atoms with E-state index in [1.165, 1.54) is 6.08 Å². The van der Waals surface area contributed by atoms with Gasteiger partial charge in [-0.2, -0.15) is 0 Å². The molecule has 1 aliphatic rings. The van der Waals surface area contributed by atoms with Crippen molar-refractivity contribution in [1.29, 1.82) is 0 Å². The smallest absolute Gasteiger partial charge is 0.344 e. The highest BCUT2D eigenvalue weighted by Crippen LogP contribution is 2.25. The van der Waals surface area contributed by atoms with Crippen molar-refractivity contribution in [3.8, 4) is 5.75 Å². The van der Waals surface area contributed by atoms with Crippen LogP contribution in [0.2, 0.25) is 0 Å². The maximum absolute atomic E-state index is 12.6. The van der Waals surface area contributed by atoms with Crippen LogP contribution in [0, 0.1) is 0 Å². The fraction of sp³-hybridized carbons (Fsp3) is 0.150. The molecule has 138 valence electrons. The second-order valence-corrected chi connectivity index (χ2v) is 5.60. The highest BCUT2D eigenvalue weighted by Gasteiger charge is 2.34. The fourth-order valence-corrected chi connectivity index (χ4v) is 2.57. The molecule has 0 aromatic heterocycles. The predicted octanol–water partition coefficient (Wildman–Crippen LogP) is 2.73. The van der Waals surface area contributed by atoms with E-state index in [1.54, 1.807) is 61.5 Å². The zero-order valence-corrected chi connectivity index (χ0v) is 14.7. The summed E-state index contributed by atoms with van der Waals surface area (Å²) in [6.45, 7) is 1.73. The first-order chi connectivity index (χ1) is 13.1. The lowest BCUT2D eigenvalue weighted by Gasteiger charge is -2.11. The highest BCUT2D eigenvalue weighted by molar-refractivity contribution is 6.28. The molecule has 1 heterocycles. The highest BCUT2D eigenvalue weighted by atomic mass is 16.6. The Bertz CT molecular complexity index is 892. The molecule has 7 heteroatoms. The van der Waals surface area contributed by atoms with Crippen molar-refractivity contribution in [2.24, 2.45) is 0 Å². The van der Waals surface area contributed by atoms with E-state index in [9.17, 15) is 14.4 Å². The molecule has 2 aromatic rings. The van der Waals surface area contributed by atoms with E-state index in [0.29, 0.717) is 17.0 Å². The number of para-hydroxylation sites is 2. The number of anilines is 1. The van der Waals surface area contributed by atoms with Crippen molar-refractivity contribution >= 4 is 29.7 Å². The minimum atomic E-state index is -0.526. The summed E-state index contributed by atoms with van der Waals surface area (Å²) in [5.41, 5.74) is 1.16. The van der Waals surface area contributed by atoms with Gasteiger partial charge in [0.15, 0.2) is 6.61 Å². The van der Waals surface area contributed by atoms with E-state index in [-0.39, 0.29) is 18.9 Å². The molecule has 1 fully saturated rings. The van der Waals surface area contributed by atoms with Gasteiger partial charge in [-0.25, -0.2) is 14.5 Å². The molecule has 1 saturated heterocycles. The Balaban J connectivity index is 1.82. The number of urea groups is 1. The summed E-state index contributed by atoms with van der Waals surface area (Å²) in [4.78, 5) is 37.4. The molecule has 3 amide bonds. The summed E-state index contributed by atoms with van der Waals surface area (Å²) in [5, 5.41) is 2.56. The molecule has 1 N–H and O–H groups in total. The molecular weight excluding hydrogens is 348 g/mol. The molecule has 3 rings (SSSR count). The van der Waals surface area contributed by atoms with Crippen LogP contribution in [0.5, 0.6) is 5.75 Å². The van der Waals surface area contributed by atoms with Crippen molar-refractivity contribution in [2.45, 2.75) is 6.92 Å². The molecule has 0 atom stereocenters. The molecule has 0 unspecified atom stereocenters. The van der Waals surface area contributed by atoms with Gasteiger partial charge in [0.25, 0.3) is 5.91 Å². The largest absolute Gasteiger partial charge is 0.481 e. The SMILES string of the molecule is CCOC(=O)COc1ccccc1C=C1NC(=O)N(c2ccccc2)C1=O. The molecule has 0 bridgehead atoms. The van der Waals surface area contributed by atoms with Gasteiger partial charge in [-0.05, 0) is 31.2 Å². The summed E-state index contributed by atoms with van der Waals surface area (Å²) in [6, 6.07) is 15.0. The maximum Gasteiger partial charge on any atom is 0.344 e. The summed E-state index contributed by atoms with van der Waals surface area (Å²) < 4.78 is 10.3. The molecule has 0 aliphatic carbocycles. The minimum absolute atomic E-state index is 0.121. The Labute approximate surface area is 156 Å². The van der Waals surface area contributed by atoms with Crippen molar-refractivity contribution in [1.82, 2.24) is 5.32 Å². The Morgan fingerprint density at radius 2 is 1.78 bits per heavy atom. The van der Waals surface area contributed by atoms with Gasteiger partial charge in [0.05, 0.1) is 12.3 Å². The van der Waals surface area contributed by atoms with Crippen LogP contribution < -0.4 is 15.0 Å². The van der Waals surface area contributed by atoms with Crippen molar-refractivity contribution in [3.63, 3.8) is 0 Å². The van der Waals surface area contributed by atoms with Crippen molar-refractivity contribution < 1.29 is 23.9 Å². The number of carbonyl (C=O) groups is 3. The second-order valence-electron chi connectivity index (χ2n) is 5.60. The third-order valence-electron chi connectivity index (χ3n) is 3.76. The lowest BCUT2D eigenvalue weighted by Crippen LogP contribution is -2.30. The minimum Gasteiger partial charge on any atom is -0.481 e. The Kier molecular flexibility index (Phi) is 5.51. The van der Waals surface area contributed by atoms with E-state index in [4.69, 9.17) is 9.47 Å². The first-order valence-corrected chi connectivity index (χ1v) is 8.39. The van der Waals surface area contributed by atoms with E-state index in [0.717, 1.165) is 4.90 Å². The van der Waals surface area contributed by atoms with E-state index in [2.05, 4.69) is 5.32 Å². The molecule has 1 aliphatic heterocycles. The van der Waals surface area contributed by atoms with Gasteiger partial charge in [0, 0.05) is 5.56 Å². The summed E-state index contributed by atoms with van der Waals surface area (Å²) in [5.74, 6) is -0.551. The summed E-state index contributed by atoms with van der Waals surface area (Å²) in [7, 11) is 0. The number of ether oxygens (including phenoxy) is 2. The van der Waals surface area contributed by atoms with E-state index in [1.807, 2.05) is 0 Å². The Morgan fingerprint density at radius 1 is 1.07 bits per heavy atom. The zero-order chi connectivity index (χ0) is 19.2. The van der Waals surface area contributed by atoms with E-state index < -0.39 is 17.9 Å². The lowest BCUT2D eigenvalue weighted by molar-refractivity contribution is -0.145. The van der Waals surface area contributed by atoms with Gasteiger partial charge >= 0.3 is 12.0 Å². The van der Waals surface area contributed by atoms with Crippen molar-refractivity contribution in [2.75, 3.05) is 18.1 Å². The number of hydrogen-bond acceptors (Lipinski definition) is 5. The number of imide groups is 1. The first kappa shape index (κ1) is 18.2. The molecule has 0 radical (unpaired) electrons. The van der Waals surface area contributed by atoms with Crippen LogP contribution in [0.1, 0.15) is 12.5 Å². The summed E-state index contributed by atoms with van der Waals surface area (Å²) >= 11 is 0. The van der Waals surface area contributed by atoms with Crippen LogP contribution in [0.25, 0.3) is 6.08 Å². The average molecular weight is 366 g/mol. The third-order valence-corrected chi connectivity index (χ3v) is 3.76. The topological polar surface area (TPSA) is 84.9 Å². The maximum atomic E-state index is 12.6. The average Bonchev–Trinajstić information content (AvgIpc) is 2.95. The predicted molar refractivity (Wildman–Crippen MR) is 99.0 cm³/mol. The third kappa shape index (κ3) is 4.14.